The third kappa shape index (κ3) is 2.69. The van der Waals surface area contributed by atoms with Gasteiger partial charge in [-0.05, 0) is 38.0 Å². The monoisotopic (exact) mass is 292 g/mol. The van der Waals surface area contributed by atoms with E-state index in [-0.39, 0.29) is 17.9 Å². The van der Waals surface area contributed by atoms with Crippen molar-refractivity contribution < 1.29 is 9.59 Å². The second kappa shape index (κ2) is 5.98. The summed E-state index contributed by atoms with van der Waals surface area (Å²) in [5, 5.41) is 3.08. The molecule has 3 rings (SSSR count). The Morgan fingerprint density at radius 3 is 2.48 bits per heavy atom. The van der Waals surface area contributed by atoms with Crippen LogP contribution in [0.2, 0.25) is 0 Å². The molecule has 2 aliphatic carbocycles. The SMILES string of the molecule is CCCCCN1C(=O)C(C2CC2)NC(=O)C12CCCCC2. The maximum absolute atomic E-state index is 12.9. The summed E-state index contributed by atoms with van der Waals surface area (Å²) in [6.07, 6.45) is 10.5. The van der Waals surface area contributed by atoms with Crippen LogP contribution >= 0.6 is 0 Å². The quantitative estimate of drug-likeness (QED) is 0.792. The summed E-state index contributed by atoms with van der Waals surface area (Å²) in [6.45, 7) is 2.94. The molecule has 2 amide bonds. The van der Waals surface area contributed by atoms with Crippen molar-refractivity contribution in [2.24, 2.45) is 5.92 Å². The van der Waals surface area contributed by atoms with Crippen molar-refractivity contribution in [2.45, 2.75) is 82.7 Å². The van der Waals surface area contributed by atoms with E-state index in [9.17, 15) is 9.59 Å². The largest absolute Gasteiger partial charge is 0.342 e. The Morgan fingerprint density at radius 2 is 1.86 bits per heavy atom. The second-order valence-corrected chi connectivity index (χ2v) is 7.08. The molecule has 3 aliphatic rings. The van der Waals surface area contributed by atoms with Crippen LogP contribution in [0, 0.1) is 5.92 Å². The molecule has 4 nitrogen and oxygen atoms in total. The van der Waals surface area contributed by atoms with E-state index in [0.717, 1.165) is 64.3 Å². The lowest BCUT2D eigenvalue weighted by atomic mass is 9.77. The maximum Gasteiger partial charge on any atom is 0.246 e. The van der Waals surface area contributed by atoms with Crippen molar-refractivity contribution in [1.82, 2.24) is 10.2 Å². The van der Waals surface area contributed by atoms with E-state index in [0.29, 0.717) is 5.92 Å². The second-order valence-electron chi connectivity index (χ2n) is 7.08. The van der Waals surface area contributed by atoms with Gasteiger partial charge in [-0.3, -0.25) is 9.59 Å². The predicted octanol–water partition coefficient (Wildman–Crippen LogP) is 2.62. The molecular formula is C17H28N2O2. The van der Waals surface area contributed by atoms with Gasteiger partial charge in [0.15, 0.2) is 0 Å². The van der Waals surface area contributed by atoms with Gasteiger partial charge in [-0.15, -0.1) is 0 Å². The molecule has 1 saturated heterocycles. The average Bonchev–Trinajstić information content (AvgIpc) is 3.32. The molecule has 1 N–H and O–H groups in total. The molecule has 3 fully saturated rings. The number of piperazine rings is 1. The zero-order valence-corrected chi connectivity index (χ0v) is 13.2. The van der Waals surface area contributed by atoms with E-state index in [1.54, 1.807) is 0 Å². The fourth-order valence-electron chi connectivity index (χ4n) is 4.07. The predicted molar refractivity (Wildman–Crippen MR) is 81.7 cm³/mol. The van der Waals surface area contributed by atoms with Crippen molar-refractivity contribution in [3.05, 3.63) is 0 Å². The molecule has 2 saturated carbocycles. The number of rotatable bonds is 5. The number of carbonyl (C=O) groups excluding carboxylic acids is 2. The first kappa shape index (κ1) is 14.9. The number of amides is 2. The van der Waals surface area contributed by atoms with E-state index >= 15 is 0 Å². The summed E-state index contributed by atoms with van der Waals surface area (Å²) < 4.78 is 0. The zero-order valence-electron chi connectivity index (χ0n) is 13.2. The van der Waals surface area contributed by atoms with Gasteiger partial charge in [-0.1, -0.05) is 39.0 Å². The summed E-state index contributed by atoms with van der Waals surface area (Å²) in [4.78, 5) is 27.7. The number of unbranched alkanes of at least 4 members (excludes halogenated alkanes) is 2. The summed E-state index contributed by atoms with van der Waals surface area (Å²) >= 11 is 0. The van der Waals surface area contributed by atoms with E-state index < -0.39 is 5.54 Å². The van der Waals surface area contributed by atoms with Crippen molar-refractivity contribution in [1.29, 1.82) is 0 Å². The molecule has 1 aliphatic heterocycles. The van der Waals surface area contributed by atoms with Crippen LogP contribution in [0.25, 0.3) is 0 Å². The van der Waals surface area contributed by atoms with Crippen molar-refractivity contribution >= 4 is 11.8 Å². The molecule has 21 heavy (non-hydrogen) atoms. The summed E-state index contributed by atoms with van der Waals surface area (Å²) in [5.41, 5.74) is -0.519. The van der Waals surface area contributed by atoms with Gasteiger partial charge < -0.3 is 10.2 Å². The summed E-state index contributed by atoms with van der Waals surface area (Å²) in [7, 11) is 0. The Kier molecular flexibility index (Phi) is 4.23. The van der Waals surface area contributed by atoms with E-state index in [1.807, 2.05) is 4.90 Å². The first-order chi connectivity index (χ1) is 10.2. The normalized spacial score (nSPS) is 28.8. The van der Waals surface area contributed by atoms with E-state index in [2.05, 4.69) is 12.2 Å². The zero-order chi connectivity index (χ0) is 14.9. The molecule has 0 aromatic rings. The highest BCUT2D eigenvalue weighted by molar-refractivity contribution is 6.00. The molecular weight excluding hydrogens is 264 g/mol. The van der Waals surface area contributed by atoms with Crippen LogP contribution < -0.4 is 5.32 Å². The number of nitrogens with zero attached hydrogens (tertiary/aromatic N) is 1. The van der Waals surface area contributed by atoms with E-state index in [4.69, 9.17) is 0 Å². The Hall–Kier alpha value is -1.06. The number of hydrogen-bond acceptors (Lipinski definition) is 2. The van der Waals surface area contributed by atoms with Gasteiger partial charge in [-0.2, -0.15) is 0 Å². The minimum absolute atomic E-state index is 0.134. The van der Waals surface area contributed by atoms with Gasteiger partial charge in [0.2, 0.25) is 11.8 Å². The third-order valence-corrected chi connectivity index (χ3v) is 5.52. The molecule has 1 heterocycles. The van der Waals surface area contributed by atoms with E-state index in [1.165, 1.54) is 6.42 Å². The van der Waals surface area contributed by atoms with Gasteiger partial charge in [-0.25, -0.2) is 0 Å². The highest BCUT2D eigenvalue weighted by atomic mass is 16.2. The van der Waals surface area contributed by atoms with Crippen molar-refractivity contribution in [3.63, 3.8) is 0 Å². The number of carbonyl (C=O) groups is 2. The van der Waals surface area contributed by atoms with Gasteiger partial charge in [0.05, 0.1) is 0 Å². The van der Waals surface area contributed by atoms with Crippen LogP contribution in [0.3, 0.4) is 0 Å². The summed E-state index contributed by atoms with van der Waals surface area (Å²) in [6, 6.07) is -0.230. The first-order valence-electron chi connectivity index (χ1n) is 8.81. The number of nitrogens with one attached hydrogen (secondary N) is 1. The Bertz CT molecular complexity index is 411. The minimum Gasteiger partial charge on any atom is -0.342 e. The molecule has 0 aromatic heterocycles. The molecule has 1 spiro atoms. The molecule has 4 heteroatoms. The first-order valence-corrected chi connectivity index (χ1v) is 8.81. The fourth-order valence-corrected chi connectivity index (χ4v) is 4.07. The van der Waals surface area contributed by atoms with Gasteiger partial charge >= 0.3 is 0 Å². The van der Waals surface area contributed by atoms with Crippen LogP contribution in [-0.4, -0.2) is 34.8 Å². The van der Waals surface area contributed by atoms with Gasteiger partial charge in [0.1, 0.15) is 11.6 Å². The average molecular weight is 292 g/mol. The lowest BCUT2D eigenvalue weighted by Crippen LogP contribution is -2.71. The molecule has 118 valence electrons. The molecule has 0 bridgehead atoms. The molecule has 1 unspecified atom stereocenters. The van der Waals surface area contributed by atoms with Crippen molar-refractivity contribution in [2.75, 3.05) is 6.54 Å². The lowest BCUT2D eigenvalue weighted by molar-refractivity contribution is -0.160. The Labute approximate surface area is 127 Å². The van der Waals surface area contributed by atoms with Crippen LogP contribution in [0.5, 0.6) is 0 Å². The fraction of sp³-hybridized carbons (Fsp3) is 0.882. The van der Waals surface area contributed by atoms with Crippen LogP contribution in [0.15, 0.2) is 0 Å². The van der Waals surface area contributed by atoms with Gasteiger partial charge in [0.25, 0.3) is 0 Å². The topological polar surface area (TPSA) is 49.4 Å². The molecule has 0 radical (unpaired) electrons. The summed E-state index contributed by atoms with van der Waals surface area (Å²) in [5.74, 6) is 0.737. The standard InChI is InChI=1S/C17H28N2O2/c1-2-3-7-12-19-15(20)14(13-8-9-13)18-16(21)17(19)10-5-4-6-11-17/h13-14H,2-12H2,1H3,(H,18,21). The molecule has 1 atom stereocenters. The van der Waals surface area contributed by atoms with Crippen molar-refractivity contribution in [3.8, 4) is 0 Å². The maximum atomic E-state index is 12.9. The number of hydrogen-bond donors (Lipinski definition) is 1. The molecule has 0 aromatic carbocycles. The smallest absolute Gasteiger partial charge is 0.246 e. The minimum atomic E-state index is -0.519. The van der Waals surface area contributed by atoms with Crippen LogP contribution in [0.1, 0.15) is 71.1 Å². The van der Waals surface area contributed by atoms with Gasteiger partial charge in [0, 0.05) is 6.54 Å². The lowest BCUT2D eigenvalue weighted by Gasteiger charge is -2.50. The highest BCUT2D eigenvalue weighted by Crippen LogP contribution is 2.41. The Balaban J connectivity index is 1.81. The third-order valence-electron chi connectivity index (χ3n) is 5.52. The highest BCUT2D eigenvalue weighted by Gasteiger charge is 2.54. The van der Waals surface area contributed by atoms with Crippen LogP contribution in [0.4, 0.5) is 0 Å². The Morgan fingerprint density at radius 1 is 1.14 bits per heavy atom. The van der Waals surface area contributed by atoms with Crippen LogP contribution in [-0.2, 0) is 9.59 Å².